The molecule has 20 heavy (non-hydrogen) atoms. The highest BCUT2D eigenvalue weighted by Gasteiger charge is 1.97. The second-order valence-corrected chi connectivity index (χ2v) is 5.20. The molecule has 0 N–H and O–H groups in total. The van der Waals surface area contributed by atoms with Crippen molar-refractivity contribution in [3.63, 3.8) is 0 Å². The lowest BCUT2D eigenvalue weighted by atomic mass is 10.3. The predicted molar refractivity (Wildman–Crippen MR) is 87.1 cm³/mol. The smallest absolute Gasteiger partial charge is 0.149 e. The summed E-state index contributed by atoms with van der Waals surface area (Å²) >= 11 is 3.43. The molecule has 0 saturated heterocycles. The number of halogens is 1. The van der Waals surface area contributed by atoms with Gasteiger partial charge in [-0.3, -0.25) is 0 Å². The fourth-order valence-electron chi connectivity index (χ4n) is 1.65. The van der Waals surface area contributed by atoms with Crippen LogP contribution in [0.1, 0.15) is 0 Å². The molecule has 0 unspecified atom stereocenters. The predicted octanol–water partition coefficient (Wildman–Crippen LogP) is 3.97. The van der Waals surface area contributed by atoms with Crippen LogP contribution >= 0.6 is 15.9 Å². The van der Waals surface area contributed by atoms with Crippen LogP contribution in [0.15, 0.2) is 59.1 Å². The van der Waals surface area contributed by atoms with E-state index in [4.69, 9.17) is 4.74 Å². The van der Waals surface area contributed by atoms with Gasteiger partial charge in [-0.1, -0.05) is 46.0 Å². The topological polar surface area (TPSA) is 12.5 Å². The molecule has 0 aromatic heterocycles. The lowest BCUT2D eigenvalue weighted by Gasteiger charge is -2.15. The van der Waals surface area contributed by atoms with Crippen molar-refractivity contribution in [2.75, 3.05) is 25.1 Å². The van der Waals surface area contributed by atoms with Crippen molar-refractivity contribution < 1.29 is 4.74 Å². The largest absolute Gasteiger partial charge is 0.481 e. The number of hydrogen-bond acceptors (Lipinski definition) is 2. The molecule has 2 aromatic rings. The summed E-state index contributed by atoms with van der Waals surface area (Å²) in [6.45, 7) is 1.10. The summed E-state index contributed by atoms with van der Waals surface area (Å²) in [4.78, 5) is 2.10. The van der Waals surface area contributed by atoms with Crippen LogP contribution in [-0.2, 0) is 0 Å². The van der Waals surface area contributed by atoms with Gasteiger partial charge in [-0.25, -0.2) is 0 Å². The maximum absolute atomic E-state index is 5.51. The molecule has 102 valence electrons. The third kappa shape index (κ3) is 4.64. The number of benzene rings is 2. The molecule has 0 aliphatic heterocycles. The van der Waals surface area contributed by atoms with Gasteiger partial charge in [0, 0.05) is 17.2 Å². The van der Waals surface area contributed by atoms with Crippen LogP contribution in [-0.4, -0.2) is 20.2 Å². The molecule has 0 amide bonds. The van der Waals surface area contributed by atoms with Crippen LogP contribution in [0.2, 0.25) is 0 Å². The average molecular weight is 330 g/mol. The fraction of sp³-hybridized carbons (Fsp3) is 0.176. The summed E-state index contributed by atoms with van der Waals surface area (Å²) < 4.78 is 6.59. The zero-order chi connectivity index (χ0) is 14.2. The minimum atomic E-state index is 0.415. The van der Waals surface area contributed by atoms with Gasteiger partial charge in [0.2, 0.25) is 0 Å². The van der Waals surface area contributed by atoms with Crippen molar-refractivity contribution >= 4 is 21.6 Å². The van der Waals surface area contributed by atoms with Gasteiger partial charge in [-0.05, 0) is 36.4 Å². The Bertz CT molecular complexity index is 584. The molecule has 2 nitrogen and oxygen atoms in total. The van der Waals surface area contributed by atoms with Gasteiger partial charge in [0.1, 0.15) is 12.4 Å². The number of nitrogens with zero attached hydrogens (tertiary/aromatic N) is 1. The van der Waals surface area contributed by atoms with E-state index in [1.807, 2.05) is 49.5 Å². The Morgan fingerprint density at radius 2 is 1.70 bits per heavy atom. The molecule has 0 spiro atoms. The molecule has 0 fully saturated rings. The number of para-hydroxylation sites is 1. The minimum Gasteiger partial charge on any atom is -0.481 e. The van der Waals surface area contributed by atoms with Crippen molar-refractivity contribution in [2.24, 2.45) is 0 Å². The highest BCUT2D eigenvalue weighted by molar-refractivity contribution is 9.10. The van der Waals surface area contributed by atoms with E-state index in [0.29, 0.717) is 13.2 Å². The molecule has 2 rings (SSSR count). The van der Waals surface area contributed by atoms with Crippen molar-refractivity contribution in [3.05, 3.63) is 59.1 Å². The first-order valence-electron chi connectivity index (χ1n) is 6.36. The molecule has 3 heteroatoms. The zero-order valence-electron chi connectivity index (χ0n) is 11.3. The molecule has 2 aromatic carbocycles. The lowest BCUT2D eigenvalue weighted by molar-refractivity contribution is 0.370. The van der Waals surface area contributed by atoms with Crippen molar-refractivity contribution in [1.82, 2.24) is 0 Å². The maximum atomic E-state index is 5.51. The average Bonchev–Trinajstić information content (AvgIpc) is 2.48. The van der Waals surface area contributed by atoms with E-state index < -0.39 is 0 Å². The van der Waals surface area contributed by atoms with Gasteiger partial charge in [-0.2, -0.15) is 0 Å². The van der Waals surface area contributed by atoms with Gasteiger partial charge >= 0.3 is 0 Å². The van der Waals surface area contributed by atoms with Gasteiger partial charge in [-0.15, -0.1) is 0 Å². The summed E-state index contributed by atoms with van der Waals surface area (Å²) in [5, 5.41) is 0. The van der Waals surface area contributed by atoms with Crippen molar-refractivity contribution in [3.8, 4) is 17.6 Å². The van der Waals surface area contributed by atoms with Crippen LogP contribution in [0.5, 0.6) is 5.75 Å². The Morgan fingerprint density at radius 1 is 1.00 bits per heavy atom. The Balaban J connectivity index is 1.78. The molecule has 0 atom stereocenters. The maximum Gasteiger partial charge on any atom is 0.149 e. The van der Waals surface area contributed by atoms with Crippen LogP contribution < -0.4 is 9.64 Å². The Labute approximate surface area is 128 Å². The van der Waals surface area contributed by atoms with E-state index in [0.717, 1.165) is 15.9 Å². The van der Waals surface area contributed by atoms with Gasteiger partial charge in [0.25, 0.3) is 0 Å². The van der Waals surface area contributed by atoms with Crippen molar-refractivity contribution in [1.29, 1.82) is 0 Å². The van der Waals surface area contributed by atoms with E-state index >= 15 is 0 Å². The molecule has 0 aliphatic rings. The van der Waals surface area contributed by atoms with Gasteiger partial charge in [0.05, 0.1) is 6.54 Å². The number of anilines is 1. The van der Waals surface area contributed by atoms with Crippen molar-refractivity contribution in [2.45, 2.75) is 0 Å². The molecule has 0 radical (unpaired) electrons. The van der Waals surface area contributed by atoms with Crippen LogP contribution in [0.3, 0.4) is 0 Å². The second kappa shape index (κ2) is 7.62. The summed E-state index contributed by atoms with van der Waals surface area (Å²) in [7, 11) is 2.02. The molecule has 0 heterocycles. The quantitative estimate of drug-likeness (QED) is 0.787. The van der Waals surface area contributed by atoms with E-state index in [-0.39, 0.29) is 0 Å². The first-order chi connectivity index (χ1) is 9.75. The minimum absolute atomic E-state index is 0.415. The first kappa shape index (κ1) is 14.5. The standard InChI is InChI=1S/C17H16BrNO/c1-19(16-11-9-15(18)10-12-16)13-5-6-14-20-17-7-3-2-4-8-17/h2-4,7-12H,13-14H2,1H3. The normalized spacial score (nSPS) is 9.50. The summed E-state index contributed by atoms with van der Waals surface area (Å²) in [6.07, 6.45) is 0. The van der Waals surface area contributed by atoms with E-state index in [2.05, 4.69) is 44.8 Å². The number of ether oxygens (including phenoxy) is 1. The molecule has 0 saturated carbocycles. The monoisotopic (exact) mass is 329 g/mol. The zero-order valence-corrected chi connectivity index (χ0v) is 12.9. The third-order valence-corrected chi connectivity index (χ3v) is 3.29. The fourth-order valence-corrected chi connectivity index (χ4v) is 1.91. The van der Waals surface area contributed by atoms with Crippen LogP contribution in [0, 0.1) is 11.8 Å². The third-order valence-electron chi connectivity index (χ3n) is 2.76. The lowest BCUT2D eigenvalue weighted by Crippen LogP contribution is -2.17. The number of hydrogen-bond donors (Lipinski definition) is 0. The Morgan fingerprint density at radius 3 is 2.40 bits per heavy atom. The molecular formula is C17H16BrNO. The highest BCUT2D eigenvalue weighted by Crippen LogP contribution is 2.16. The molecule has 0 aliphatic carbocycles. The van der Waals surface area contributed by atoms with E-state index in [1.165, 1.54) is 0 Å². The Hall–Kier alpha value is -1.92. The first-order valence-corrected chi connectivity index (χ1v) is 7.15. The van der Waals surface area contributed by atoms with E-state index in [9.17, 15) is 0 Å². The second-order valence-electron chi connectivity index (χ2n) is 4.29. The highest BCUT2D eigenvalue weighted by atomic mass is 79.9. The molecule has 0 bridgehead atoms. The van der Waals surface area contributed by atoms with Crippen LogP contribution in [0.4, 0.5) is 5.69 Å². The number of rotatable bonds is 4. The van der Waals surface area contributed by atoms with Gasteiger partial charge in [0.15, 0.2) is 0 Å². The summed E-state index contributed by atoms with van der Waals surface area (Å²) in [6, 6.07) is 17.9. The SMILES string of the molecule is CN(CC#CCOc1ccccc1)c1ccc(Br)cc1. The van der Waals surface area contributed by atoms with E-state index in [1.54, 1.807) is 0 Å². The summed E-state index contributed by atoms with van der Waals surface area (Å²) in [5.41, 5.74) is 1.14. The van der Waals surface area contributed by atoms with Gasteiger partial charge < -0.3 is 9.64 Å². The molecular weight excluding hydrogens is 314 g/mol. The van der Waals surface area contributed by atoms with Crippen LogP contribution in [0.25, 0.3) is 0 Å². The summed E-state index contributed by atoms with van der Waals surface area (Å²) in [5.74, 6) is 6.98. The Kier molecular flexibility index (Phi) is 5.52.